The molecule has 2 aromatic rings. The minimum absolute atomic E-state index is 0.0558. The first-order valence-electron chi connectivity index (χ1n) is 8.95. The Morgan fingerprint density at radius 3 is 2.96 bits per heavy atom. The summed E-state index contributed by atoms with van der Waals surface area (Å²) in [4.78, 5) is 14.7. The number of ether oxygens (including phenoxy) is 2. The third-order valence-corrected chi connectivity index (χ3v) is 6.05. The van der Waals surface area contributed by atoms with Crippen LogP contribution in [0.5, 0.6) is 5.75 Å². The summed E-state index contributed by atoms with van der Waals surface area (Å²) < 4.78 is 12.6. The maximum Gasteiger partial charge on any atom is 0.260 e. The van der Waals surface area contributed by atoms with Crippen LogP contribution in [0.4, 0.5) is 0 Å². The molecule has 1 saturated heterocycles. The molecular weight excluding hydrogens is 382 g/mol. The van der Waals surface area contributed by atoms with E-state index in [1.807, 2.05) is 35.2 Å². The van der Waals surface area contributed by atoms with E-state index >= 15 is 0 Å². The van der Waals surface area contributed by atoms with Crippen molar-refractivity contribution in [1.82, 2.24) is 4.90 Å². The first-order chi connectivity index (χ1) is 12.2. The molecule has 1 aliphatic carbocycles. The fourth-order valence-corrected chi connectivity index (χ4v) is 4.56. The number of nitrogens with zero attached hydrogens (tertiary/aromatic N) is 1. The molecule has 2 fully saturated rings. The average molecular weight is 404 g/mol. The lowest BCUT2D eigenvalue weighted by molar-refractivity contribution is -0.151. The Hall–Kier alpha value is -1.59. The van der Waals surface area contributed by atoms with Gasteiger partial charge in [-0.3, -0.25) is 4.79 Å². The predicted octanol–water partition coefficient (Wildman–Crippen LogP) is 4.15. The molecule has 0 N–H and O–H groups in total. The molecule has 5 heteroatoms. The molecular formula is C20H22BrNO3. The molecule has 25 heavy (non-hydrogen) atoms. The maximum atomic E-state index is 12.7. The summed E-state index contributed by atoms with van der Waals surface area (Å²) >= 11 is 3.61. The minimum atomic E-state index is 0.0558. The van der Waals surface area contributed by atoms with Crippen LogP contribution in [0.3, 0.4) is 0 Å². The molecule has 0 spiro atoms. The van der Waals surface area contributed by atoms with Crippen molar-refractivity contribution in [3.63, 3.8) is 0 Å². The molecule has 1 heterocycles. The zero-order chi connectivity index (χ0) is 17.2. The lowest BCUT2D eigenvalue weighted by atomic mass is 9.90. The molecule has 0 aromatic heterocycles. The summed E-state index contributed by atoms with van der Waals surface area (Å²) in [5.74, 6) is 0.765. The molecule has 1 aliphatic heterocycles. The number of morpholine rings is 1. The molecule has 2 atom stereocenters. The molecule has 1 amide bonds. The van der Waals surface area contributed by atoms with Crippen molar-refractivity contribution in [2.45, 2.75) is 37.8 Å². The standard InChI is InChI=1S/C20H22BrNO3/c21-20-15-6-2-1-5-14(15)9-10-18(20)25-13-19(23)22-11-12-24-17-8-4-3-7-16(17)22/h1-2,5-6,9-10,16-17H,3-4,7-8,11-13H2/t16-,17-/m0/s1. The Balaban J connectivity index is 1.45. The highest BCUT2D eigenvalue weighted by Crippen LogP contribution is 2.33. The van der Waals surface area contributed by atoms with Gasteiger partial charge in [0.25, 0.3) is 5.91 Å². The lowest BCUT2D eigenvalue weighted by Gasteiger charge is -2.43. The smallest absolute Gasteiger partial charge is 0.260 e. The minimum Gasteiger partial charge on any atom is -0.483 e. The lowest BCUT2D eigenvalue weighted by Crippen LogP contribution is -2.55. The van der Waals surface area contributed by atoms with E-state index in [1.54, 1.807) is 0 Å². The van der Waals surface area contributed by atoms with Gasteiger partial charge >= 0.3 is 0 Å². The third-order valence-electron chi connectivity index (χ3n) is 5.23. The van der Waals surface area contributed by atoms with Crippen LogP contribution >= 0.6 is 15.9 Å². The Morgan fingerprint density at radius 2 is 2.04 bits per heavy atom. The van der Waals surface area contributed by atoms with Crippen molar-refractivity contribution >= 4 is 32.6 Å². The van der Waals surface area contributed by atoms with Gasteiger partial charge in [0.15, 0.2) is 6.61 Å². The van der Waals surface area contributed by atoms with E-state index in [-0.39, 0.29) is 24.7 Å². The highest BCUT2D eigenvalue weighted by atomic mass is 79.9. The summed E-state index contributed by atoms with van der Waals surface area (Å²) in [7, 11) is 0. The summed E-state index contributed by atoms with van der Waals surface area (Å²) in [6, 6.07) is 12.3. The van der Waals surface area contributed by atoms with Crippen molar-refractivity contribution < 1.29 is 14.3 Å². The normalized spacial score (nSPS) is 23.3. The van der Waals surface area contributed by atoms with Crippen LogP contribution in [-0.4, -0.2) is 42.7 Å². The van der Waals surface area contributed by atoms with Gasteiger partial charge < -0.3 is 14.4 Å². The van der Waals surface area contributed by atoms with Crippen LogP contribution in [0.15, 0.2) is 40.9 Å². The molecule has 0 radical (unpaired) electrons. The van der Waals surface area contributed by atoms with E-state index in [0.29, 0.717) is 18.9 Å². The average Bonchev–Trinajstić information content (AvgIpc) is 2.67. The van der Waals surface area contributed by atoms with Crippen molar-refractivity contribution in [3.05, 3.63) is 40.9 Å². The summed E-state index contributed by atoms with van der Waals surface area (Å²) in [5, 5.41) is 2.23. The Morgan fingerprint density at radius 1 is 1.20 bits per heavy atom. The van der Waals surface area contributed by atoms with Crippen LogP contribution < -0.4 is 4.74 Å². The second-order valence-corrected chi connectivity index (χ2v) is 7.53. The number of carbonyl (C=O) groups excluding carboxylic acids is 1. The monoisotopic (exact) mass is 403 g/mol. The first kappa shape index (κ1) is 16.9. The zero-order valence-electron chi connectivity index (χ0n) is 14.1. The van der Waals surface area contributed by atoms with Crippen molar-refractivity contribution in [3.8, 4) is 5.75 Å². The van der Waals surface area contributed by atoms with E-state index in [4.69, 9.17) is 9.47 Å². The molecule has 0 unspecified atom stereocenters. The molecule has 1 saturated carbocycles. The van der Waals surface area contributed by atoms with Gasteiger partial charge in [-0.25, -0.2) is 0 Å². The van der Waals surface area contributed by atoms with Gasteiger partial charge in [0.2, 0.25) is 0 Å². The molecule has 2 aromatic carbocycles. The molecule has 132 valence electrons. The molecule has 4 nitrogen and oxygen atoms in total. The number of halogens is 1. The van der Waals surface area contributed by atoms with E-state index in [1.165, 1.54) is 12.8 Å². The summed E-state index contributed by atoms with van der Waals surface area (Å²) in [6.45, 7) is 1.37. The summed E-state index contributed by atoms with van der Waals surface area (Å²) in [6.07, 6.45) is 4.68. The number of amides is 1. The van der Waals surface area contributed by atoms with Gasteiger partial charge in [0, 0.05) is 6.54 Å². The number of hydrogen-bond acceptors (Lipinski definition) is 3. The number of benzene rings is 2. The fourth-order valence-electron chi connectivity index (χ4n) is 3.95. The van der Waals surface area contributed by atoms with E-state index in [0.717, 1.165) is 28.1 Å². The third kappa shape index (κ3) is 3.40. The quantitative estimate of drug-likeness (QED) is 0.772. The Kier molecular flexibility index (Phi) is 4.95. The van der Waals surface area contributed by atoms with Gasteiger partial charge in [0.1, 0.15) is 5.75 Å². The summed E-state index contributed by atoms with van der Waals surface area (Å²) in [5.41, 5.74) is 0. The Labute approximate surface area is 156 Å². The molecule has 2 aliphatic rings. The first-order valence-corrected chi connectivity index (χ1v) is 9.74. The number of carbonyl (C=O) groups is 1. The zero-order valence-corrected chi connectivity index (χ0v) is 15.7. The van der Waals surface area contributed by atoms with Crippen LogP contribution in [0.1, 0.15) is 25.7 Å². The highest BCUT2D eigenvalue weighted by Gasteiger charge is 2.36. The predicted molar refractivity (Wildman–Crippen MR) is 101 cm³/mol. The van der Waals surface area contributed by atoms with Gasteiger partial charge in [0.05, 0.1) is 23.2 Å². The van der Waals surface area contributed by atoms with Crippen molar-refractivity contribution in [2.24, 2.45) is 0 Å². The van der Waals surface area contributed by atoms with E-state index < -0.39 is 0 Å². The van der Waals surface area contributed by atoms with Gasteiger partial charge in [-0.15, -0.1) is 0 Å². The van der Waals surface area contributed by atoms with Crippen LogP contribution in [-0.2, 0) is 9.53 Å². The second kappa shape index (κ2) is 7.34. The second-order valence-electron chi connectivity index (χ2n) is 6.74. The SMILES string of the molecule is O=C(COc1ccc2ccccc2c1Br)N1CCO[C@H]2CCCC[C@@H]21. The number of hydrogen-bond donors (Lipinski definition) is 0. The fraction of sp³-hybridized carbons (Fsp3) is 0.450. The number of rotatable bonds is 3. The largest absolute Gasteiger partial charge is 0.483 e. The maximum absolute atomic E-state index is 12.7. The van der Waals surface area contributed by atoms with E-state index in [9.17, 15) is 4.79 Å². The van der Waals surface area contributed by atoms with Gasteiger partial charge in [-0.05, 0) is 45.6 Å². The molecule has 0 bridgehead atoms. The van der Waals surface area contributed by atoms with Gasteiger partial charge in [-0.2, -0.15) is 0 Å². The topological polar surface area (TPSA) is 38.8 Å². The van der Waals surface area contributed by atoms with E-state index in [2.05, 4.69) is 22.0 Å². The van der Waals surface area contributed by atoms with Crippen LogP contribution in [0, 0.1) is 0 Å². The van der Waals surface area contributed by atoms with Crippen LogP contribution in [0.25, 0.3) is 10.8 Å². The van der Waals surface area contributed by atoms with Crippen LogP contribution in [0.2, 0.25) is 0 Å². The Bertz CT molecular complexity index is 777. The van der Waals surface area contributed by atoms with Crippen molar-refractivity contribution in [2.75, 3.05) is 19.8 Å². The highest BCUT2D eigenvalue weighted by molar-refractivity contribution is 9.10. The number of fused-ring (bicyclic) bond motifs is 2. The van der Waals surface area contributed by atoms with Gasteiger partial charge in [-0.1, -0.05) is 43.2 Å². The molecule has 4 rings (SSSR count). The van der Waals surface area contributed by atoms with Crippen molar-refractivity contribution in [1.29, 1.82) is 0 Å².